The zero-order chi connectivity index (χ0) is 28.3. The fourth-order valence-electron chi connectivity index (χ4n) is 5.60. The van der Waals surface area contributed by atoms with Gasteiger partial charge in [0.25, 0.3) is 0 Å². The van der Waals surface area contributed by atoms with Gasteiger partial charge in [-0.05, 0) is 0 Å². The summed E-state index contributed by atoms with van der Waals surface area (Å²) in [7, 11) is -2.73. The van der Waals surface area contributed by atoms with Crippen LogP contribution in [-0.4, -0.2) is 45.5 Å². The number of nitrogens with zero attached hydrogens (tertiary/aromatic N) is 1. The van der Waals surface area contributed by atoms with Gasteiger partial charge in [-0.3, -0.25) is 0 Å². The molecule has 5 rings (SSSR count). The molecule has 3 aromatic carbocycles. The van der Waals surface area contributed by atoms with E-state index in [1.54, 1.807) is 17.7 Å². The molecular formula is C32H36N2O4SeSi. The number of benzene rings is 3. The van der Waals surface area contributed by atoms with E-state index in [2.05, 4.69) is 86.4 Å². The van der Waals surface area contributed by atoms with Gasteiger partial charge in [0.05, 0.1) is 0 Å². The summed E-state index contributed by atoms with van der Waals surface area (Å²) in [5, 5.41) is 2.30. The van der Waals surface area contributed by atoms with E-state index in [-0.39, 0.29) is 36.5 Å². The summed E-state index contributed by atoms with van der Waals surface area (Å²) in [4.78, 5) is 27.6. The van der Waals surface area contributed by atoms with Crippen LogP contribution >= 0.6 is 0 Å². The van der Waals surface area contributed by atoms with Crippen molar-refractivity contribution in [1.29, 1.82) is 0 Å². The molecule has 3 atom stereocenters. The van der Waals surface area contributed by atoms with Crippen LogP contribution in [0.1, 0.15) is 39.0 Å². The quantitative estimate of drug-likeness (QED) is 0.307. The van der Waals surface area contributed by atoms with Crippen molar-refractivity contribution in [3.8, 4) is 0 Å². The SMILES string of the molecule is Cc1cn([C@@H]2O[C@H](CO[Si](c3ccccc3)(c3ccccc3)C(C)(C)C)C[C@H]2[Se]c2ccccc2)c(=O)[nH]c1=O. The molecule has 6 nitrogen and oxygen atoms in total. The molecule has 4 aromatic rings. The molecule has 0 radical (unpaired) electrons. The number of hydrogen-bond acceptors (Lipinski definition) is 4. The topological polar surface area (TPSA) is 73.3 Å². The summed E-state index contributed by atoms with van der Waals surface area (Å²) in [6.45, 7) is 8.93. The first kappa shape index (κ1) is 28.5. The van der Waals surface area contributed by atoms with Crippen LogP contribution in [0.5, 0.6) is 0 Å². The summed E-state index contributed by atoms with van der Waals surface area (Å²) in [5.41, 5.74) is -0.319. The maximum atomic E-state index is 12.9. The Morgan fingerprint density at radius 3 is 2.02 bits per heavy atom. The third-order valence-corrected chi connectivity index (χ3v) is 15.2. The van der Waals surface area contributed by atoms with Gasteiger partial charge in [0.2, 0.25) is 0 Å². The zero-order valence-corrected chi connectivity index (χ0v) is 26.1. The third-order valence-electron chi connectivity index (χ3n) is 7.50. The van der Waals surface area contributed by atoms with E-state index in [9.17, 15) is 9.59 Å². The van der Waals surface area contributed by atoms with Crippen LogP contribution in [-0.2, 0) is 9.16 Å². The Bertz CT molecular complexity index is 1500. The van der Waals surface area contributed by atoms with Crippen LogP contribution in [0.3, 0.4) is 0 Å². The van der Waals surface area contributed by atoms with Crippen LogP contribution < -0.4 is 26.1 Å². The second-order valence-electron chi connectivity index (χ2n) is 11.3. The molecular weight excluding hydrogens is 583 g/mol. The first-order chi connectivity index (χ1) is 19.2. The maximum absolute atomic E-state index is 12.9. The number of aryl methyl sites for hydroxylation is 1. The number of H-pyrrole nitrogens is 1. The van der Waals surface area contributed by atoms with E-state index in [1.165, 1.54) is 14.8 Å². The molecule has 1 aliphatic rings. The number of nitrogens with one attached hydrogen (secondary N) is 1. The van der Waals surface area contributed by atoms with Gasteiger partial charge in [0, 0.05) is 0 Å². The van der Waals surface area contributed by atoms with Crippen molar-refractivity contribution in [2.75, 3.05) is 6.61 Å². The van der Waals surface area contributed by atoms with Crippen molar-refractivity contribution in [2.24, 2.45) is 0 Å². The molecule has 0 unspecified atom stereocenters. The second kappa shape index (κ2) is 11.8. The van der Waals surface area contributed by atoms with Crippen molar-refractivity contribution in [2.45, 2.75) is 56.3 Å². The molecule has 0 saturated carbocycles. The van der Waals surface area contributed by atoms with Crippen LogP contribution in [0.15, 0.2) is 107 Å². The van der Waals surface area contributed by atoms with Crippen molar-refractivity contribution in [1.82, 2.24) is 9.55 Å². The fraction of sp³-hybridized carbons (Fsp3) is 0.312. The Balaban J connectivity index is 1.49. The normalized spacial score (nSPS) is 19.6. The molecule has 0 bridgehead atoms. The Labute approximate surface area is 242 Å². The van der Waals surface area contributed by atoms with Crippen molar-refractivity contribution < 1.29 is 9.16 Å². The number of ether oxygens (including phenoxy) is 1. The molecule has 0 amide bonds. The number of aromatic amines is 1. The van der Waals surface area contributed by atoms with E-state index in [0.29, 0.717) is 12.2 Å². The van der Waals surface area contributed by atoms with E-state index in [4.69, 9.17) is 9.16 Å². The molecule has 0 aliphatic carbocycles. The standard InChI is InChI=1S/C32H36N2O4SeSi/c1-23-21-34(31(36)33-29(23)35)30-28(39-25-14-8-5-9-15-25)20-24(38-30)22-37-40(32(2,3)4,26-16-10-6-11-17-26)27-18-12-7-13-19-27/h5-19,21,24,28,30H,20,22H2,1-4H3,(H,33,35,36)/t24-,28+,30+/m0/s1. The van der Waals surface area contributed by atoms with Gasteiger partial charge < -0.3 is 0 Å². The summed E-state index contributed by atoms with van der Waals surface area (Å²) in [6.07, 6.45) is 1.73. The van der Waals surface area contributed by atoms with Crippen molar-refractivity contribution in [3.63, 3.8) is 0 Å². The van der Waals surface area contributed by atoms with Gasteiger partial charge in [0.15, 0.2) is 0 Å². The van der Waals surface area contributed by atoms with Gasteiger partial charge in [-0.15, -0.1) is 0 Å². The van der Waals surface area contributed by atoms with Crippen LogP contribution in [0.2, 0.25) is 9.85 Å². The minimum absolute atomic E-state index is 0.0571. The Morgan fingerprint density at radius 2 is 1.48 bits per heavy atom. The predicted molar refractivity (Wildman–Crippen MR) is 164 cm³/mol. The van der Waals surface area contributed by atoms with E-state index < -0.39 is 20.2 Å². The number of rotatable bonds is 8. The predicted octanol–water partition coefficient (Wildman–Crippen LogP) is 3.53. The van der Waals surface area contributed by atoms with Crippen molar-refractivity contribution in [3.05, 3.63) is 124 Å². The second-order valence-corrected chi connectivity index (χ2v) is 18.4. The monoisotopic (exact) mass is 620 g/mol. The summed E-state index contributed by atoms with van der Waals surface area (Å²) >= 11 is 0.0571. The molecule has 1 aromatic heterocycles. The fourth-order valence-corrected chi connectivity index (χ4v) is 12.9. The number of aromatic nitrogens is 2. The Hall–Kier alpha value is -3.00. The summed E-state index contributed by atoms with van der Waals surface area (Å²) in [5.74, 6) is 0. The molecule has 208 valence electrons. The van der Waals surface area contributed by atoms with Crippen LogP contribution in [0, 0.1) is 6.92 Å². The molecule has 40 heavy (non-hydrogen) atoms. The van der Waals surface area contributed by atoms with Gasteiger partial charge in [0.1, 0.15) is 0 Å². The molecule has 1 fully saturated rings. The van der Waals surface area contributed by atoms with Gasteiger partial charge >= 0.3 is 243 Å². The minimum atomic E-state index is -2.73. The number of hydrogen-bond donors (Lipinski definition) is 1. The third kappa shape index (κ3) is 5.73. The van der Waals surface area contributed by atoms with Gasteiger partial charge in [-0.1, -0.05) is 0 Å². The molecule has 0 spiro atoms. The van der Waals surface area contributed by atoms with E-state index in [0.717, 1.165) is 6.42 Å². The first-order valence-electron chi connectivity index (χ1n) is 13.6. The van der Waals surface area contributed by atoms with Gasteiger partial charge in [-0.25, -0.2) is 0 Å². The first-order valence-corrected chi connectivity index (χ1v) is 17.4. The van der Waals surface area contributed by atoms with E-state index >= 15 is 0 Å². The molecule has 8 heteroatoms. The van der Waals surface area contributed by atoms with Crippen LogP contribution in [0.25, 0.3) is 0 Å². The summed E-state index contributed by atoms with van der Waals surface area (Å²) < 4.78 is 16.6. The van der Waals surface area contributed by atoms with Crippen molar-refractivity contribution >= 4 is 38.1 Å². The molecule has 1 N–H and O–H groups in total. The molecule has 1 saturated heterocycles. The van der Waals surface area contributed by atoms with Crippen LogP contribution in [0.4, 0.5) is 0 Å². The Kier molecular flexibility index (Phi) is 8.45. The zero-order valence-electron chi connectivity index (χ0n) is 23.4. The van der Waals surface area contributed by atoms with E-state index in [1.807, 2.05) is 30.3 Å². The summed E-state index contributed by atoms with van der Waals surface area (Å²) in [6, 6.07) is 31.5. The van der Waals surface area contributed by atoms with Gasteiger partial charge in [-0.2, -0.15) is 0 Å². The molecule has 1 aliphatic heterocycles. The average Bonchev–Trinajstić information content (AvgIpc) is 3.34. The average molecular weight is 620 g/mol. The molecule has 2 heterocycles. The Morgan fingerprint density at radius 1 is 0.925 bits per heavy atom.